The van der Waals surface area contributed by atoms with E-state index in [1.165, 1.54) is 7.11 Å². The zero-order chi connectivity index (χ0) is 27.9. The summed E-state index contributed by atoms with van der Waals surface area (Å²) in [4.78, 5) is 37.1. The Morgan fingerprint density at radius 3 is 2.49 bits per heavy atom. The van der Waals surface area contributed by atoms with Crippen LogP contribution in [0.2, 0.25) is 5.02 Å². The van der Waals surface area contributed by atoms with Crippen LogP contribution in [0.3, 0.4) is 0 Å². The Labute approximate surface area is 239 Å². The van der Waals surface area contributed by atoms with Gasteiger partial charge in [0.05, 0.1) is 17.0 Å². The van der Waals surface area contributed by atoms with Crippen molar-refractivity contribution in [2.24, 2.45) is 0 Å². The number of aliphatic carboxylic acids is 1. The van der Waals surface area contributed by atoms with Crippen LogP contribution >= 0.6 is 35.6 Å². The molecule has 1 saturated heterocycles. The van der Waals surface area contributed by atoms with Gasteiger partial charge in [0, 0.05) is 12.1 Å². The van der Waals surface area contributed by atoms with Crippen LogP contribution in [-0.4, -0.2) is 51.9 Å². The number of carbonyl (C=O) groups excluding carboxylic acids is 2. The minimum absolute atomic E-state index is 0.192. The van der Waals surface area contributed by atoms with Crippen LogP contribution in [0.1, 0.15) is 11.1 Å². The number of rotatable bonds is 10. The van der Waals surface area contributed by atoms with E-state index in [2.05, 4.69) is 5.32 Å². The summed E-state index contributed by atoms with van der Waals surface area (Å²) < 4.78 is 11.1. The molecule has 39 heavy (non-hydrogen) atoms. The third-order valence-corrected chi connectivity index (χ3v) is 7.29. The first-order chi connectivity index (χ1) is 18.7. The standard InChI is InChI=1S/C28H23ClN2O6S2/c1-36-27(35)22(30-19-5-3-2-4-6-19)14-17-7-10-20(11-8-17)37-23-12-9-18(13-21(23)29)15-24-26(34)31(16-25(32)33)28(38)39-24/h2-13,15,22,30H,14,16H2,1H3,(H,32,33)/b24-15-/t22-/m0/s1. The molecule has 1 amide bonds. The number of methoxy groups -OCH3 is 1. The highest BCUT2D eigenvalue weighted by Crippen LogP contribution is 2.35. The maximum Gasteiger partial charge on any atom is 0.328 e. The molecule has 0 radical (unpaired) electrons. The van der Waals surface area contributed by atoms with Crippen LogP contribution in [0.5, 0.6) is 11.5 Å². The number of thiocarbonyl (C=S) groups is 1. The molecule has 1 atom stereocenters. The van der Waals surface area contributed by atoms with Gasteiger partial charge in [-0.2, -0.15) is 0 Å². The molecule has 0 aromatic heterocycles. The van der Waals surface area contributed by atoms with E-state index in [1.54, 1.807) is 36.4 Å². The van der Waals surface area contributed by atoms with Gasteiger partial charge in [-0.3, -0.25) is 14.5 Å². The highest BCUT2D eigenvalue weighted by molar-refractivity contribution is 8.26. The first-order valence-electron chi connectivity index (χ1n) is 11.7. The summed E-state index contributed by atoms with van der Waals surface area (Å²) >= 11 is 12.6. The quantitative estimate of drug-likeness (QED) is 0.179. The van der Waals surface area contributed by atoms with Crippen molar-refractivity contribution >= 4 is 69.5 Å². The number of carbonyl (C=O) groups is 3. The number of carboxylic acid groups (broad SMARTS) is 1. The van der Waals surface area contributed by atoms with E-state index in [9.17, 15) is 14.4 Å². The van der Waals surface area contributed by atoms with Crippen LogP contribution in [-0.2, 0) is 25.5 Å². The second-order valence-electron chi connectivity index (χ2n) is 8.39. The summed E-state index contributed by atoms with van der Waals surface area (Å²) in [5.41, 5.74) is 2.36. The predicted molar refractivity (Wildman–Crippen MR) is 155 cm³/mol. The molecule has 3 aromatic rings. The molecule has 0 unspecified atom stereocenters. The molecule has 1 aliphatic heterocycles. The van der Waals surface area contributed by atoms with Gasteiger partial charge < -0.3 is 19.9 Å². The van der Waals surface area contributed by atoms with E-state index >= 15 is 0 Å². The number of para-hydroxylation sites is 1. The van der Waals surface area contributed by atoms with Crippen LogP contribution < -0.4 is 10.1 Å². The Hall–Kier alpha value is -3.86. The number of hydrogen-bond acceptors (Lipinski definition) is 8. The summed E-state index contributed by atoms with van der Waals surface area (Å²) in [5.74, 6) is -1.00. The number of ether oxygens (including phenoxy) is 2. The molecule has 1 heterocycles. The third-order valence-electron chi connectivity index (χ3n) is 5.61. The molecule has 2 N–H and O–H groups in total. The molecule has 11 heteroatoms. The molecule has 3 aromatic carbocycles. The number of carboxylic acids is 1. The minimum atomic E-state index is -1.14. The summed E-state index contributed by atoms with van der Waals surface area (Å²) in [6.45, 7) is -0.485. The maximum atomic E-state index is 12.5. The largest absolute Gasteiger partial charge is 0.480 e. The van der Waals surface area contributed by atoms with Gasteiger partial charge in [0.1, 0.15) is 28.4 Å². The van der Waals surface area contributed by atoms with Crippen molar-refractivity contribution in [2.45, 2.75) is 12.5 Å². The average molecular weight is 583 g/mol. The molecule has 8 nitrogen and oxygen atoms in total. The number of benzene rings is 3. The molecular formula is C28H23ClN2O6S2. The molecule has 0 saturated carbocycles. The van der Waals surface area contributed by atoms with E-state index < -0.39 is 24.5 Å². The monoisotopic (exact) mass is 582 g/mol. The smallest absolute Gasteiger partial charge is 0.328 e. The third kappa shape index (κ3) is 7.38. The Kier molecular flexibility index (Phi) is 9.23. The zero-order valence-corrected chi connectivity index (χ0v) is 23.0. The van der Waals surface area contributed by atoms with Crippen LogP contribution in [0.4, 0.5) is 5.69 Å². The summed E-state index contributed by atoms with van der Waals surface area (Å²) in [6.07, 6.45) is 2.02. The van der Waals surface area contributed by atoms with Crippen LogP contribution in [0.25, 0.3) is 6.08 Å². The lowest BCUT2D eigenvalue weighted by Crippen LogP contribution is -2.33. The Bertz CT molecular complexity index is 1430. The van der Waals surface area contributed by atoms with Gasteiger partial charge in [-0.15, -0.1) is 0 Å². The van der Waals surface area contributed by atoms with Crippen molar-refractivity contribution in [3.8, 4) is 11.5 Å². The van der Waals surface area contributed by atoms with Gasteiger partial charge in [0.25, 0.3) is 5.91 Å². The number of thioether (sulfide) groups is 1. The summed E-state index contributed by atoms with van der Waals surface area (Å²) in [5, 5.41) is 12.5. The van der Waals surface area contributed by atoms with E-state index in [1.807, 2.05) is 42.5 Å². The van der Waals surface area contributed by atoms with Gasteiger partial charge >= 0.3 is 11.9 Å². The van der Waals surface area contributed by atoms with Crippen molar-refractivity contribution in [2.75, 3.05) is 19.0 Å². The fourth-order valence-electron chi connectivity index (χ4n) is 3.74. The van der Waals surface area contributed by atoms with Gasteiger partial charge in [-0.1, -0.05) is 72.0 Å². The SMILES string of the molecule is COC(=O)[C@H](Cc1ccc(Oc2ccc(/C=C3\SC(=S)N(CC(=O)O)C3=O)cc2Cl)cc1)Nc1ccccc1. The maximum absolute atomic E-state index is 12.5. The first-order valence-corrected chi connectivity index (χ1v) is 13.3. The number of nitrogens with one attached hydrogen (secondary N) is 1. The molecular weight excluding hydrogens is 560 g/mol. The van der Waals surface area contributed by atoms with Gasteiger partial charge in [-0.25, -0.2) is 4.79 Å². The molecule has 4 rings (SSSR count). The number of amides is 1. The van der Waals surface area contributed by atoms with Crippen molar-refractivity contribution < 1.29 is 29.0 Å². The Balaban J connectivity index is 1.41. The molecule has 0 spiro atoms. The predicted octanol–water partition coefficient (Wildman–Crippen LogP) is 5.61. The molecule has 0 bridgehead atoms. The Morgan fingerprint density at radius 2 is 1.85 bits per heavy atom. The second kappa shape index (κ2) is 12.8. The normalized spacial score (nSPS) is 14.8. The topological polar surface area (TPSA) is 105 Å². The number of hydrogen-bond donors (Lipinski definition) is 2. The highest BCUT2D eigenvalue weighted by atomic mass is 35.5. The molecule has 1 fully saturated rings. The number of nitrogens with zero attached hydrogens (tertiary/aromatic N) is 1. The lowest BCUT2D eigenvalue weighted by molar-refractivity contribution is -0.141. The average Bonchev–Trinajstić information content (AvgIpc) is 3.17. The van der Waals surface area contributed by atoms with Gasteiger partial charge in [0.2, 0.25) is 0 Å². The van der Waals surface area contributed by atoms with Crippen molar-refractivity contribution in [1.82, 2.24) is 4.90 Å². The fraction of sp³-hybridized carbons (Fsp3) is 0.143. The lowest BCUT2D eigenvalue weighted by Gasteiger charge is -2.18. The number of halogens is 1. The van der Waals surface area contributed by atoms with Crippen molar-refractivity contribution in [3.05, 3.63) is 93.9 Å². The van der Waals surface area contributed by atoms with E-state index in [0.717, 1.165) is 27.9 Å². The summed E-state index contributed by atoms with van der Waals surface area (Å²) in [6, 6.07) is 21.2. The molecule has 200 valence electrons. The van der Waals surface area contributed by atoms with E-state index in [-0.39, 0.29) is 10.3 Å². The first kappa shape index (κ1) is 28.2. The number of anilines is 1. The van der Waals surface area contributed by atoms with Gasteiger partial charge in [-0.05, 0) is 53.6 Å². The van der Waals surface area contributed by atoms with Gasteiger partial charge in [0.15, 0.2) is 0 Å². The highest BCUT2D eigenvalue weighted by Gasteiger charge is 2.33. The van der Waals surface area contributed by atoms with E-state index in [0.29, 0.717) is 33.4 Å². The van der Waals surface area contributed by atoms with Crippen molar-refractivity contribution in [3.63, 3.8) is 0 Å². The van der Waals surface area contributed by atoms with Crippen molar-refractivity contribution in [1.29, 1.82) is 0 Å². The fourth-order valence-corrected chi connectivity index (χ4v) is 5.22. The van der Waals surface area contributed by atoms with Crippen LogP contribution in [0, 0.1) is 0 Å². The minimum Gasteiger partial charge on any atom is -0.480 e. The van der Waals surface area contributed by atoms with E-state index in [4.69, 9.17) is 38.4 Å². The van der Waals surface area contributed by atoms with Crippen LogP contribution in [0.15, 0.2) is 77.7 Å². The molecule has 1 aliphatic rings. The lowest BCUT2D eigenvalue weighted by atomic mass is 10.1. The number of esters is 1. The Morgan fingerprint density at radius 1 is 1.13 bits per heavy atom. The zero-order valence-electron chi connectivity index (χ0n) is 20.6. The summed E-state index contributed by atoms with van der Waals surface area (Å²) in [7, 11) is 1.36. The second-order valence-corrected chi connectivity index (χ2v) is 10.5. The molecule has 0 aliphatic carbocycles.